The Kier molecular flexibility index (Phi) is 5.42. The first-order valence-corrected chi connectivity index (χ1v) is 7.18. The molecule has 0 atom stereocenters. The van der Waals surface area contributed by atoms with Gasteiger partial charge in [-0.05, 0) is 23.8 Å². The van der Waals surface area contributed by atoms with E-state index >= 15 is 0 Å². The molecule has 0 heterocycles. The average molecular weight is 322 g/mol. The summed E-state index contributed by atoms with van der Waals surface area (Å²) in [5.74, 6) is 1.40. The van der Waals surface area contributed by atoms with Gasteiger partial charge >= 0.3 is 0 Å². The summed E-state index contributed by atoms with van der Waals surface area (Å²) in [6, 6.07) is 13.2. The molecule has 0 aliphatic carbocycles. The van der Waals surface area contributed by atoms with Crippen LogP contribution in [-0.2, 0) is 6.54 Å². The van der Waals surface area contributed by atoms with Gasteiger partial charge in [-0.1, -0.05) is 42.0 Å². The minimum atomic E-state index is 0.563. The zero-order valence-electron chi connectivity index (χ0n) is 11.9. The Labute approximate surface area is 134 Å². The van der Waals surface area contributed by atoms with Crippen LogP contribution in [0.2, 0.25) is 5.02 Å². The Hall–Kier alpha value is -1.78. The fraction of sp³-hybridized carbons (Fsp3) is 0.188. The van der Waals surface area contributed by atoms with Crippen molar-refractivity contribution >= 4 is 28.8 Å². The molecule has 0 unspecified atom stereocenters. The number of ether oxygens (including phenoxy) is 2. The topological polar surface area (TPSA) is 30.5 Å². The van der Waals surface area contributed by atoms with Gasteiger partial charge in [0.05, 0.1) is 19.8 Å². The van der Waals surface area contributed by atoms with Gasteiger partial charge in [-0.15, -0.1) is 0 Å². The Bertz CT molecular complexity index is 646. The molecule has 110 valence electrons. The molecule has 2 aromatic carbocycles. The second-order valence-corrected chi connectivity index (χ2v) is 5.16. The van der Waals surface area contributed by atoms with Crippen molar-refractivity contribution in [3.8, 4) is 11.5 Å². The molecule has 21 heavy (non-hydrogen) atoms. The largest absolute Gasteiger partial charge is 0.497 e. The summed E-state index contributed by atoms with van der Waals surface area (Å²) in [7, 11) is 3.22. The summed E-state index contributed by atoms with van der Waals surface area (Å²) in [5, 5.41) is 3.91. The minimum Gasteiger partial charge on any atom is -0.497 e. The maximum atomic E-state index is 6.13. The predicted molar refractivity (Wildman–Crippen MR) is 89.5 cm³/mol. The minimum absolute atomic E-state index is 0.563. The normalized spacial score (nSPS) is 10.0. The molecule has 0 saturated heterocycles. The third kappa shape index (κ3) is 3.86. The van der Waals surface area contributed by atoms with E-state index in [1.807, 2.05) is 36.4 Å². The van der Waals surface area contributed by atoms with Gasteiger partial charge in [0.25, 0.3) is 0 Å². The van der Waals surface area contributed by atoms with Crippen molar-refractivity contribution in [3.05, 3.63) is 58.6 Å². The molecule has 0 amide bonds. The lowest BCUT2D eigenvalue weighted by Gasteiger charge is -2.13. The zero-order valence-corrected chi connectivity index (χ0v) is 13.4. The quantitative estimate of drug-likeness (QED) is 0.848. The highest BCUT2D eigenvalue weighted by atomic mass is 35.5. The molecule has 0 spiro atoms. The van der Waals surface area contributed by atoms with Crippen LogP contribution in [0.4, 0.5) is 0 Å². The van der Waals surface area contributed by atoms with E-state index in [9.17, 15) is 0 Å². The van der Waals surface area contributed by atoms with Gasteiger partial charge in [-0.2, -0.15) is 0 Å². The van der Waals surface area contributed by atoms with Crippen LogP contribution in [0.25, 0.3) is 0 Å². The third-order valence-electron chi connectivity index (χ3n) is 3.05. The Morgan fingerprint density at radius 2 is 1.90 bits per heavy atom. The van der Waals surface area contributed by atoms with Gasteiger partial charge < -0.3 is 14.8 Å². The van der Waals surface area contributed by atoms with E-state index < -0.39 is 0 Å². The summed E-state index contributed by atoms with van der Waals surface area (Å²) >= 11 is 11.5. The van der Waals surface area contributed by atoms with Crippen molar-refractivity contribution in [1.82, 2.24) is 5.32 Å². The number of rotatable bonds is 5. The predicted octanol–water partition coefficient (Wildman–Crippen LogP) is 3.82. The highest BCUT2D eigenvalue weighted by Gasteiger charge is 2.10. The van der Waals surface area contributed by atoms with E-state index in [0.29, 0.717) is 17.3 Å². The van der Waals surface area contributed by atoms with Gasteiger partial charge in [-0.3, -0.25) is 0 Å². The number of nitrogens with one attached hydrogen (secondary N) is 1. The van der Waals surface area contributed by atoms with Crippen LogP contribution in [0.3, 0.4) is 0 Å². The van der Waals surface area contributed by atoms with Crippen LogP contribution in [-0.4, -0.2) is 19.2 Å². The van der Waals surface area contributed by atoms with Gasteiger partial charge in [0.1, 0.15) is 16.5 Å². The number of hydrogen-bond acceptors (Lipinski definition) is 3. The van der Waals surface area contributed by atoms with Crippen molar-refractivity contribution in [2.75, 3.05) is 14.2 Å². The SMILES string of the molecule is COc1ccc(C(=S)NCc2ccccc2Cl)c(OC)c1. The fourth-order valence-electron chi connectivity index (χ4n) is 1.90. The highest BCUT2D eigenvalue weighted by Crippen LogP contribution is 2.25. The fourth-order valence-corrected chi connectivity index (χ4v) is 2.34. The first-order chi connectivity index (χ1) is 10.2. The summed E-state index contributed by atoms with van der Waals surface area (Å²) < 4.78 is 10.5. The lowest BCUT2D eigenvalue weighted by molar-refractivity contribution is 0.394. The van der Waals surface area contributed by atoms with Crippen LogP contribution in [0.1, 0.15) is 11.1 Å². The number of hydrogen-bond donors (Lipinski definition) is 1. The summed E-state index contributed by atoms with van der Waals surface area (Å²) in [6.45, 7) is 0.563. The van der Waals surface area contributed by atoms with Crippen molar-refractivity contribution in [2.45, 2.75) is 6.54 Å². The van der Waals surface area contributed by atoms with E-state index in [1.54, 1.807) is 20.3 Å². The van der Waals surface area contributed by atoms with Crippen LogP contribution in [0.5, 0.6) is 11.5 Å². The molecule has 3 nitrogen and oxygen atoms in total. The van der Waals surface area contributed by atoms with Crippen molar-refractivity contribution < 1.29 is 9.47 Å². The summed E-state index contributed by atoms with van der Waals surface area (Å²) in [4.78, 5) is 0.606. The standard InChI is InChI=1S/C16H16ClNO2S/c1-19-12-7-8-13(15(9-12)20-2)16(21)18-10-11-5-3-4-6-14(11)17/h3-9H,10H2,1-2H3,(H,18,21). The van der Waals surface area contributed by atoms with E-state index in [-0.39, 0.29) is 0 Å². The van der Waals surface area contributed by atoms with E-state index in [0.717, 1.165) is 21.9 Å². The monoisotopic (exact) mass is 321 g/mol. The maximum Gasteiger partial charge on any atom is 0.132 e. The molecule has 2 aromatic rings. The molecule has 0 bridgehead atoms. The average Bonchev–Trinajstić information content (AvgIpc) is 2.53. The van der Waals surface area contributed by atoms with Crippen LogP contribution in [0, 0.1) is 0 Å². The van der Waals surface area contributed by atoms with E-state index in [1.165, 1.54) is 0 Å². The van der Waals surface area contributed by atoms with Crippen LogP contribution in [0.15, 0.2) is 42.5 Å². The smallest absolute Gasteiger partial charge is 0.132 e. The maximum absolute atomic E-state index is 6.13. The van der Waals surface area contributed by atoms with Gasteiger partial charge in [0.15, 0.2) is 0 Å². The Morgan fingerprint density at radius 3 is 2.57 bits per heavy atom. The molecule has 0 radical (unpaired) electrons. The molecule has 2 rings (SSSR count). The number of thiocarbonyl (C=S) groups is 1. The van der Waals surface area contributed by atoms with Crippen molar-refractivity contribution in [1.29, 1.82) is 0 Å². The second-order valence-electron chi connectivity index (χ2n) is 4.34. The third-order valence-corrected chi connectivity index (χ3v) is 3.78. The van der Waals surface area contributed by atoms with E-state index in [4.69, 9.17) is 33.3 Å². The van der Waals surface area contributed by atoms with Gasteiger partial charge in [0, 0.05) is 17.6 Å². The summed E-state index contributed by atoms with van der Waals surface area (Å²) in [5.41, 5.74) is 1.81. The summed E-state index contributed by atoms with van der Waals surface area (Å²) in [6.07, 6.45) is 0. The molecule has 0 aliphatic rings. The number of methoxy groups -OCH3 is 2. The Morgan fingerprint density at radius 1 is 1.14 bits per heavy atom. The molecule has 5 heteroatoms. The lowest BCUT2D eigenvalue weighted by Crippen LogP contribution is -2.22. The van der Waals surface area contributed by atoms with Crippen LogP contribution < -0.4 is 14.8 Å². The van der Waals surface area contributed by atoms with Crippen LogP contribution >= 0.6 is 23.8 Å². The molecule has 0 aromatic heterocycles. The zero-order chi connectivity index (χ0) is 15.2. The van der Waals surface area contributed by atoms with Gasteiger partial charge in [0.2, 0.25) is 0 Å². The molecule has 0 fully saturated rings. The first-order valence-electron chi connectivity index (χ1n) is 6.39. The van der Waals surface area contributed by atoms with Gasteiger partial charge in [-0.25, -0.2) is 0 Å². The first kappa shape index (κ1) is 15.6. The molecular formula is C16H16ClNO2S. The molecule has 0 aliphatic heterocycles. The molecular weight excluding hydrogens is 306 g/mol. The van der Waals surface area contributed by atoms with E-state index in [2.05, 4.69) is 5.32 Å². The second kappa shape index (κ2) is 7.29. The Balaban J connectivity index is 2.12. The van der Waals surface area contributed by atoms with Crippen molar-refractivity contribution in [2.24, 2.45) is 0 Å². The highest BCUT2D eigenvalue weighted by molar-refractivity contribution is 7.80. The number of halogens is 1. The van der Waals surface area contributed by atoms with Crippen molar-refractivity contribution in [3.63, 3.8) is 0 Å². The molecule has 1 N–H and O–H groups in total. The number of benzene rings is 2. The lowest BCUT2D eigenvalue weighted by atomic mass is 10.1. The molecule has 0 saturated carbocycles.